The van der Waals surface area contributed by atoms with Crippen LogP contribution in [0.3, 0.4) is 0 Å². The van der Waals surface area contributed by atoms with Crippen LogP contribution >= 0.6 is 11.6 Å². The number of rotatable bonds is 5. The Hall–Kier alpha value is -0.760. The van der Waals surface area contributed by atoms with Crippen molar-refractivity contribution >= 4 is 17.3 Å². The van der Waals surface area contributed by atoms with E-state index in [4.69, 9.17) is 11.6 Å². The molecule has 0 aliphatic heterocycles. The van der Waals surface area contributed by atoms with Gasteiger partial charge < -0.3 is 4.90 Å². The molecular weight excluding hydrogens is 220 g/mol. The van der Waals surface area contributed by atoms with Gasteiger partial charge in [-0.1, -0.05) is 0 Å². The maximum absolute atomic E-state index is 5.99. The zero-order valence-corrected chi connectivity index (χ0v) is 10.2. The third-order valence-corrected chi connectivity index (χ3v) is 3.76. The Labute approximate surface area is 102 Å². The number of hydrogen-bond acceptors (Lipinski definition) is 2. The van der Waals surface area contributed by atoms with Gasteiger partial charge in [0.05, 0.1) is 5.88 Å². The van der Waals surface area contributed by atoms with E-state index >= 15 is 0 Å². The van der Waals surface area contributed by atoms with E-state index < -0.39 is 0 Å². The molecule has 16 heavy (non-hydrogen) atoms. The zero-order chi connectivity index (χ0) is 11.0. The topological polar surface area (TPSA) is 16.1 Å². The average molecular weight is 237 g/mol. The predicted molar refractivity (Wildman–Crippen MR) is 66.9 cm³/mol. The van der Waals surface area contributed by atoms with Crippen LogP contribution in [0.4, 0.5) is 5.69 Å². The standard InChI is InChI=1S/C13H17ClN2/c14-7-11-8-15-6-5-13(11)16(12-3-4-12)9-10-1-2-10/h5-6,8,10,12H,1-4,7,9H2. The molecule has 1 aromatic heterocycles. The first-order chi connectivity index (χ1) is 7.88. The molecular formula is C13H17ClN2. The minimum atomic E-state index is 0.567. The van der Waals surface area contributed by atoms with Gasteiger partial charge in [-0.2, -0.15) is 0 Å². The van der Waals surface area contributed by atoms with Crippen LogP contribution in [0.5, 0.6) is 0 Å². The van der Waals surface area contributed by atoms with Gasteiger partial charge in [-0.15, -0.1) is 11.6 Å². The van der Waals surface area contributed by atoms with E-state index in [9.17, 15) is 0 Å². The lowest BCUT2D eigenvalue weighted by atomic mass is 10.2. The number of aromatic nitrogens is 1. The summed E-state index contributed by atoms with van der Waals surface area (Å²) < 4.78 is 0. The molecule has 0 unspecified atom stereocenters. The van der Waals surface area contributed by atoms with Crippen molar-refractivity contribution in [2.75, 3.05) is 11.4 Å². The smallest absolute Gasteiger partial charge is 0.0509 e. The van der Waals surface area contributed by atoms with Gasteiger partial charge in [-0.3, -0.25) is 4.98 Å². The van der Waals surface area contributed by atoms with Crippen LogP contribution < -0.4 is 4.90 Å². The molecule has 0 aromatic carbocycles. The van der Waals surface area contributed by atoms with Gasteiger partial charge in [-0.05, 0) is 37.7 Å². The summed E-state index contributed by atoms with van der Waals surface area (Å²) >= 11 is 5.99. The van der Waals surface area contributed by atoms with Crippen molar-refractivity contribution < 1.29 is 0 Å². The Morgan fingerprint density at radius 2 is 2.12 bits per heavy atom. The molecule has 0 spiro atoms. The van der Waals surface area contributed by atoms with Crippen molar-refractivity contribution in [3.63, 3.8) is 0 Å². The molecule has 2 aliphatic rings. The van der Waals surface area contributed by atoms with E-state index in [1.807, 2.05) is 12.4 Å². The summed E-state index contributed by atoms with van der Waals surface area (Å²) in [7, 11) is 0. The van der Waals surface area contributed by atoms with Crippen LogP contribution in [0, 0.1) is 5.92 Å². The van der Waals surface area contributed by atoms with E-state index in [0.717, 1.165) is 12.0 Å². The average Bonchev–Trinajstić information content (AvgIpc) is 3.16. The molecule has 1 aromatic rings. The molecule has 0 N–H and O–H groups in total. The second-order valence-corrected chi connectivity index (χ2v) is 5.23. The minimum absolute atomic E-state index is 0.567. The summed E-state index contributed by atoms with van der Waals surface area (Å²) in [5.41, 5.74) is 2.50. The van der Waals surface area contributed by atoms with E-state index in [1.165, 1.54) is 43.5 Å². The lowest BCUT2D eigenvalue weighted by Crippen LogP contribution is -2.28. The summed E-state index contributed by atoms with van der Waals surface area (Å²) in [5, 5.41) is 0. The van der Waals surface area contributed by atoms with Crippen LogP contribution in [0.25, 0.3) is 0 Å². The zero-order valence-electron chi connectivity index (χ0n) is 9.40. The van der Waals surface area contributed by atoms with Crippen molar-refractivity contribution in [1.82, 2.24) is 4.98 Å². The largest absolute Gasteiger partial charge is 0.368 e. The van der Waals surface area contributed by atoms with Crippen LogP contribution in [0.1, 0.15) is 31.2 Å². The molecule has 2 nitrogen and oxygen atoms in total. The summed E-state index contributed by atoms with van der Waals surface area (Å²) in [6.07, 6.45) is 9.29. The fourth-order valence-corrected chi connectivity index (χ4v) is 2.42. The lowest BCUT2D eigenvalue weighted by molar-refractivity contribution is 0.716. The van der Waals surface area contributed by atoms with Gasteiger partial charge in [0, 0.05) is 36.2 Å². The molecule has 0 saturated heterocycles. The van der Waals surface area contributed by atoms with Crippen molar-refractivity contribution in [3.8, 4) is 0 Å². The quantitative estimate of drug-likeness (QED) is 0.730. The highest BCUT2D eigenvalue weighted by molar-refractivity contribution is 6.17. The molecule has 2 aliphatic carbocycles. The second-order valence-electron chi connectivity index (χ2n) is 4.96. The summed E-state index contributed by atoms with van der Waals surface area (Å²) in [6, 6.07) is 2.89. The lowest BCUT2D eigenvalue weighted by Gasteiger charge is -2.26. The van der Waals surface area contributed by atoms with Crippen LogP contribution in [0.2, 0.25) is 0 Å². The number of hydrogen-bond donors (Lipinski definition) is 0. The van der Waals surface area contributed by atoms with E-state index in [-0.39, 0.29) is 0 Å². The Morgan fingerprint density at radius 1 is 1.31 bits per heavy atom. The molecule has 86 valence electrons. The molecule has 3 heteroatoms. The van der Waals surface area contributed by atoms with Gasteiger partial charge in [0.15, 0.2) is 0 Å². The minimum Gasteiger partial charge on any atom is -0.368 e. The number of halogens is 1. The van der Waals surface area contributed by atoms with Crippen molar-refractivity contribution in [1.29, 1.82) is 0 Å². The van der Waals surface area contributed by atoms with Gasteiger partial charge >= 0.3 is 0 Å². The molecule has 1 heterocycles. The Balaban J connectivity index is 1.84. The molecule has 2 fully saturated rings. The predicted octanol–water partition coefficient (Wildman–Crippen LogP) is 3.20. The summed E-state index contributed by atoms with van der Waals surface area (Å²) in [6.45, 7) is 1.22. The van der Waals surface area contributed by atoms with Crippen LogP contribution in [-0.2, 0) is 5.88 Å². The van der Waals surface area contributed by atoms with E-state index in [2.05, 4.69) is 16.0 Å². The summed E-state index contributed by atoms with van der Waals surface area (Å²) in [5.74, 6) is 1.49. The summed E-state index contributed by atoms with van der Waals surface area (Å²) in [4.78, 5) is 6.73. The van der Waals surface area contributed by atoms with Crippen molar-refractivity contribution in [2.45, 2.75) is 37.6 Å². The van der Waals surface area contributed by atoms with Crippen molar-refractivity contribution in [3.05, 3.63) is 24.0 Å². The monoisotopic (exact) mass is 236 g/mol. The fourth-order valence-electron chi connectivity index (χ4n) is 2.21. The maximum Gasteiger partial charge on any atom is 0.0509 e. The third-order valence-electron chi connectivity index (χ3n) is 3.47. The molecule has 2 saturated carbocycles. The Kier molecular flexibility index (Phi) is 2.76. The second kappa shape index (κ2) is 4.25. The number of alkyl halides is 1. The maximum atomic E-state index is 5.99. The van der Waals surface area contributed by atoms with Crippen LogP contribution in [-0.4, -0.2) is 17.6 Å². The van der Waals surface area contributed by atoms with Gasteiger partial charge in [0.2, 0.25) is 0 Å². The highest BCUT2D eigenvalue weighted by Crippen LogP contribution is 2.38. The first kappa shape index (κ1) is 10.4. The number of pyridine rings is 1. The fraction of sp³-hybridized carbons (Fsp3) is 0.615. The molecule has 3 rings (SSSR count). The highest BCUT2D eigenvalue weighted by atomic mass is 35.5. The first-order valence-corrected chi connectivity index (χ1v) is 6.67. The van der Waals surface area contributed by atoms with Crippen molar-refractivity contribution in [2.24, 2.45) is 5.92 Å². The van der Waals surface area contributed by atoms with Gasteiger partial charge in [0.1, 0.15) is 0 Å². The van der Waals surface area contributed by atoms with E-state index in [1.54, 1.807) is 0 Å². The molecule has 0 amide bonds. The molecule has 0 radical (unpaired) electrons. The third kappa shape index (κ3) is 2.17. The van der Waals surface area contributed by atoms with Crippen LogP contribution in [0.15, 0.2) is 18.5 Å². The van der Waals surface area contributed by atoms with E-state index in [0.29, 0.717) is 5.88 Å². The van der Waals surface area contributed by atoms with Gasteiger partial charge in [0.25, 0.3) is 0 Å². The van der Waals surface area contributed by atoms with Gasteiger partial charge in [-0.25, -0.2) is 0 Å². The SMILES string of the molecule is ClCc1cnccc1N(CC1CC1)C1CC1. The number of anilines is 1. The Bertz CT molecular complexity index is 372. The Morgan fingerprint density at radius 3 is 2.75 bits per heavy atom. The number of nitrogens with zero attached hydrogens (tertiary/aromatic N) is 2. The molecule has 0 bridgehead atoms. The highest BCUT2D eigenvalue weighted by Gasteiger charge is 2.34. The first-order valence-electron chi connectivity index (χ1n) is 6.14. The molecule has 0 atom stereocenters. The normalized spacial score (nSPS) is 19.8.